The Bertz CT molecular complexity index is 978. The molecule has 0 aromatic heterocycles. The molecule has 0 rings (SSSR count). The molecule has 0 aliphatic heterocycles. The van der Waals surface area contributed by atoms with Crippen LogP contribution < -0.4 is 10.2 Å². The Morgan fingerprint density at radius 3 is 1.10 bits per heavy atom. The summed E-state index contributed by atoms with van der Waals surface area (Å²) in [5, 5.41) is 14.0. The van der Waals surface area contributed by atoms with Crippen LogP contribution in [0.15, 0.2) is 0 Å². The number of aliphatic hydroxyl groups excluding tert-OH is 1. The van der Waals surface area contributed by atoms with E-state index in [4.69, 9.17) is 9.05 Å². The highest BCUT2D eigenvalue weighted by Gasteiger charge is 2.24. The van der Waals surface area contributed by atoms with Crippen LogP contribution in [0, 0.1) is 0 Å². The molecule has 0 radical (unpaired) electrons. The summed E-state index contributed by atoms with van der Waals surface area (Å²) in [5.74, 6) is -0.160. The number of nitrogens with zero attached hydrogens (tertiary/aromatic N) is 1. The van der Waals surface area contributed by atoms with E-state index in [9.17, 15) is 19.4 Å². The minimum Gasteiger partial charge on any atom is -0.756 e. The summed E-state index contributed by atoms with van der Waals surface area (Å²) in [6, 6.07) is -0.794. The van der Waals surface area contributed by atoms with E-state index in [1.54, 1.807) is 0 Å². The normalized spacial score (nSPS) is 14.0. The fourth-order valence-corrected chi connectivity index (χ4v) is 9.24. The molecule has 0 saturated carbocycles. The number of carbonyl (C=O) groups is 1. The number of nitrogens with one attached hydrogen (secondary N) is 1. The van der Waals surface area contributed by atoms with Gasteiger partial charge in [-0.2, -0.15) is 0 Å². The first-order chi connectivity index (χ1) is 30.0. The zero-order valence-electron chi connectivity index (χ0n) is 42.4. The van der Waals surface area contributed by atoms with Crippen molar-refractivity contribution in [1.29, 1.82) is 0 Å². The SMILES string of the molecule is CCCCCCCCCCCCCCCCCCCCCCCCCCCCCC(O)C(COP(=O)([O-])OCC[N+](C)(C)C)NC(=O)CCCCCCCCCCCCCCC. The lowest BCUT2D eigenvalue weighted by Gasteiger charge is -2.30. The summed E-state index contributed by atoms with van der Waals surface area (Å²) in [5.41, 5.74) is 0. The van der Waals surface area contributed by atoms with Crippen LogP contribution in [0.4, 0.5) is 0 Å². The van der Waals surface area contributed by atoms with Crippen LogP contribution in [0.1, 0.15) is 284 Å². The number of unbranched alkanes of at least 4 members (excludes halogenated alkanes) is 38. The van der Waals surface area contributed by atoms with Gasteiger partial charge in [0.15, 0.2) is 0 Å². The number of aliphatic hydroxyl groups is 1. The fourth-order valence-electron chi connectivity index (χ4n) is 8.51. The van der Waals surface area contributed by atoms with E-state index in [0.29, 0.717) is 23.9 Å². The molecule has 0 aliphatic carbocycles. The van der Waals surface area contributed by atoms with Crippen molar-refractivity contribution in [3.63, 3.8) is 0 Å². The Morgan fingerprint density at radius 1 is 0.500 bits per heavy atom. The van der Waals surface area contributed by atoms with Gasteiger partial charge in [-0.1, -0.05) is 264 Å². The standard InChI is InChI=1S/C53H109N2O6P/c1-6-8-10-12-14-16-18-20-21-22-23-24-25-26-27-28-29-30-31-32-33-35-36-38-40-42-44-46-52(56)51(50-61-62(58,59)60-49-48-55(3,4)5)54-53(57)47-45-43-41-39-37-34-19-17-15-13-11-9-7-2/h51-52,56H,6-50H2,1-5H3,(H-,54,57,58,59). The van der Waals surface area contributed by atoms with Gasteiger partial charge in [0.2, 0.25) is 5.91 Å². The highest BCUT2D eigenvalue weighted by atomic mass is 31.2. The zero-order valence-corrected chi connectivity index (χ0v) is 43.3. The van der Waals surface area contributed by atoms with E-state index in [1.165, 1.54) is 218 Å². The lowest BCUT2D eigenvalue weighted by atomic mass is 10.0. The van der Waals surface area contributed by atoms with Crippen LogP contribution in [0.5, 0.6) is 0 Å². The molecule has 62 heavy (non-hydrogen) atoms. The van der Waals surface area contributed by atoms with E-state index in [-0.39, 0.29) is 19.1 Å². The maximum absolute atomic E-state index is 12.9. The minimum atomic E-state index is -4.56. The molecule has 0 heterocycles. The number of quaternary nitrogens is 1. The Balaban J connectivity index is 4.07. The molecule has 0 fully saturated rings. The van der Waals surface area contributed by atoms with Gasteiger partial charge in [-0.3, -0.25) is 9.36 Å². The van der Waals surface area contributed by atoms with Crippen molar-refractivity contribution >= 4 is 13.7 Å². The molecular weight excluding hydrogens is 792 g/mol. The van der Waals surface area contributed by atoms with Gasteiger partial charge in [0, 0.05) is 6.42 Å². The number of likely N-dealkylation sites (N-methyl/N-ethyl adjacent to an activating group) is 1. The quantitative estimate of drug-likeness (QED) is 0.0358. The molecule has 8 nitrogen and oxygen atoms in total. The van der Waals surface area contributed by atoms with Crippen molar-refractivity contribution in [2.45, 2.75) is 296 Å². The molecule has 9 heteroatoms. The maximum Gasteiger partial charge on any atom is 0.268 e. The van der Waals surface area contributed by atoms with Crippen LogP contribution in [0.25, 0.3) is 0 Å². The van der Waals surface area contributed by atoms with E-state index >= 15 is 0 Å². The maximum atomic E-state index is 12.9. The number of phosphoric acid groups is 1. The number of carbonyl (C=O) groups excluding carboxylic acids is 1. The van der Waals surface area contributed by atoms with Crippen molar-refractivity contribution in [2.75, 3.05) is 40.9 Å². The summed E-state index contributed by atoms with van der Waals surface area (Å²) >= 11 is 0. The molecule has 1 amide bonds. The average Bonchev–Trinajstić information content (AvgIpc) is 3.23. The Hall–Kier alpha value is -0.500. The van der Waals surface area contributed by atoms with Crippen molar-refractivity contribution < 1.29 is 32.9 Å². The van der Waals surface area contributed by atoms with E-state index in [1.807, 2.05) is 21.1 Å². The largest absolute Gasteiger partial charge is 0.756 e. The number of amides is 1. The molecule has 0 aromatic carbocycles. The van der Waals surface area contributed by atoms with Gasteiger partial charge in [0.25, 0.3) is 7.82 Å². The Labute approximate surface area is 387 Å². The summed E-state index contributed by atoms with van der Waals surface area (Å²) < 4.78 is 23.4. The average molecular weight is 901 g/mol. The topological polar surface area (TPSA) is 108 Å². The second-order valence-corrected chi connectivity index (χ2v) is 21.7. The first-order valence-corrected chi connectivity index (χ1v) is 28.8. The van der Waals surface area contributed by atoms with E-state index < -0.39 is 20.0 Å². The highest BCUT2D eigenvalue weighted by molar-refractivity contribution is 7.45. The number of hydrogen-bond acceptors (Lipinski definition) is 6. The van der Waals surface area contributed by atoms with E-state index in [2.05, 4.69) is 19.2 Å². The molecule has 0 saturated heterocycles. The molecule has 3 unspecified atom stereocenters. The van der Waals surface area contributed by atoms with Crippen LogP contribution in [-0.2, 0) is 18.4 Å². The predicted octanol–water partition coefficient (Wildman–Crippen LogP) is 15.5. The number of hydrogen-bond donors (Lipinski definition) is 2. The summed E-state index contributed by atoms with van der Waals surface area (Å²) in [4.78, 5) is 25.4. The van der Waals surface area contributed by atoms with Crippen LogP contribution in [0.2, 0.25) is 0 Å². The lowest BCUT2D eigenvalue weighted by molar-refractivity contribution is -0.870. The molecule has 0 aliphatic rings. The highest BCUT2D eigenvalue weighted by Crippen LogP contribution is 2.38. The number of rotatable bonds is 51. The van der Waals surface area contributed by atoms with Crippen molar-refractivity contribution in [3.8, 4) is 0 Å². The molecule has 0 bridgehead atoms. The molecule has 0 spiro atoms. The fraction of sp³-hybridized carbons (Fsp3) is 0.981. The molecule has 2 N–H and O–H groups in total. The zero-order chi connectivity index (χ0) is 45.7. The number of phosphoric ester groups is 1. The second kappa shape index (κ2) is 45.6. The Morgan fingerprint density at radius 2 is 0.790 bits per heavy atom. The van der Waals surface area contributed by atoms with Crippen molar-refractivity contribution in [2.24, 2.45) is 0 Å². The van der Waals surface area contributed by atoms with Gasteiger partial charge in [0.05, 0.1) is 39.9 Å². The van der Waals surface area contributed by atoms with Gasteiger partial charge in [-0.15, -0.1) is 0 Å². The van der Waals surface area contributed by atoms with Gasteiger partial charge in [-0.05, 0) is 12.8 Å². The molecular formula is C53H109N2O6P. The third-order valence-electron chi connectivity index (χ3n) is 12.8. The Kier molecular flexibility index (Phi) is 45.3. The third kappa shape index (κ3) is 47.5. The van der Waals surface area contributed by atoms with Crippen molar-refractivity contribution in [1.82, 2.24) is 5.32 Å². The molecule has 0 aromatic rings. The molecule has 3 atom stereocenters. The van der Waals surface area contributed by atoms with Gasteiger partial charge >= 0.3 is 0 Å². The monoisotopic (exact) mass is 901 g/mol. The summed E-state index contributed by atoms with van der Waals surface area (Å²) in [6.45, 7) is 4.76. The third-order valence-corrected chi connectivity index (χ3v) is 13.8. The predicted molar refractivity (Wildman–Crippen MR) is 266 cm³/mol. The van der Waals surface area contributed by atoms with Gasteiger partial charge in [-0.25, -0.2) is 0 Å². The van der Waals surface area contributed by atoms with Crippen LogP contribution in [-0.4, -0.2) is 68.5 Å². The lowest BCUT2D eigenvalue weighted by Crippen LogP contribution is -2.46. The van der Waals surface area contributed by atoms with Gasteiger partial charge in [0.1, 0.15) is 13.2 Å². The van der Waals surface area contributed by atoms with Gasteiger partial charge < -0.3 is 28.8 Å². The van der Waals surface area contributed by atoms with Crippen LogP contribution in [0.3, 0.4) is 0 Å². The minimum absolute atomic E-state index is 0.0164. The summed E-state index contributed by atoms with van der Waals surface area (Å²) in [6.07, 6.45) is 52.7. The first-order valence-electron chi connectivity index (χ1n) is 27.4. The van der Waals surface area contributed by atoms with Crippen molar-refractivity contribution in [3.05, 3.63) is 0 Å². The molecule has 372 valence electrons. The smallest absolute Gasteiger partial charge is 0.268 e. The first kappa shape index (κ1) is 61.5. The summed E-state index contributed by atoms with van der Waals surface area (Å²) in [7, 11) is 1.32. The van der Waals surface area contributed by atoms with Crippen LogP contribution >= 0.6 is 7.82 Å². The van der Waals surface area contributed by atoms with E-state index in [0.717, 1.165) is 38.5 Å². The second-order valence-electron chi connectivity index (χ2n) is 20.3.